The highest BCUT2D eigenvalue weighted by Crippen LogP contribution is 2.33. The van der Waals surface area contributed by atoms with Crippen molar-refractivity contribution in [2.24, 2.45) is 0 Å². The molecule has 1 amide bonds. The summed E-state index contributed by atoms with van der Waals surface area (Å²) in [7, 11) is 3.19. The average Bonchev–Trinajstić information content (AvgIpc) is 3.31. The van der Waals surface area contributed by atoms with Crippen LogP contribution in [0.2, 0.25) is 0 Å². The number of oxazole rings is 1. The van der Waals surface area contributed by atoms with Gasteiger partial charge in [0.25, 0.3) is 0 Å². The molecule has 168 valence electrons. The van der Waals surface area contributed by atoms with Crippen molar-refractivity contribution in [3.8, 4) is 22.8 Å². The van der Waals surface area contributed by atoms with Gasteiger partial charge < -0.3 is 23.7 Å². The number of benzene rings is 2. The molecule has 4 rings (SSSR count). The Morgan fingerprint density at radius 2 is 1.81 bits per heavy atom. The number of hydrogen-bond acceptors (Lipinski definition) is 6. The number of nitrogens with zero attached hydrogens (tertiary/aromatic N) is 3. The fraction of sp³-hybridized carbons (Fsp3) is 0.333. The van der Waals surface area contributed by atoms with Crippen LogP contribution in [0.4, 0.5) is 10.1 Å². The van der Waals surface area contributed by atoms with Gasteiger partial charge in [0.15, 0.2) is 11.7 Å². The monoisotopic (exact) mass is 439 g/mol. The predicted molar refractivity (Wildman–Crippen MR) is 119 cm³/mol. The fourth-order valence-electron chi connectivity index (χ4n) is 3.79. The number of rotatable bonds is 7. The lowest BCUT2D eigenvalue weighted by Gasteiger charge is -2.36. The SMILES string of the molecule is COc1ccc(-c2cnc(CCC(=O)N3CCN(c4ccc(F)cc4)CC3)o2)c(OC)c1. The third kappa shape index (κ3) is 4.85. The molecule has 1 aliphatic rings. The van der Waals surface area contributed by atoms with Gasteiger partial charge in [-0.15, -0.1) is 0 Å². The Kier molecular flexibility index (Phi) is 6.58. The van der Waals surface area contributed by atoms with E-state index in [1.165, 1.54) is 12.1 Å². The molecule has 3 aromatic rings. The van der Waals surface area contributed by atoms with Crippen LogP contribution in [-0.4, -0.2) is 56.2 Å². The van der Waals surface area contributed by atoms with E-state index in [1.807, 2.05) is 17.0 Å². The van der Waals surface area contributed by atoms with Crippen molar-refractivity contribution in [2.75, 3.05) is 45.3 Å². The summed E-state index contributed by atoms with van der Waals surface area (Å²) >= 11 is 0. The van der Waals surface area contributed by atoms with Crippen molar-refractivity contribution in [3.05, 3.63) is 60.4 Å². The number of piperazine rings is 1. The number of anilines is 1. The van der Waals surface area contributed by atoms with Crippen molar-refractivity contribution in [3.63, 3.8) is 0 Å². The highest BCUT2D eigenvalue weighted by Gasteiger charge is 2.22. The van der Waals surface area contributed by atoms with Crippen LogP contribution in [0, 0.1) is 5.82 Å². The summed E-state index contributed by atoms with van der Waals surface area (Å²) in [6.45, 7) is 2.71. The second-order valence-electron chi connectivity index (χ2n) is 7.53. The third-order valence-electron chi connectivity index (χ3n) is 5.60. The lowest BCUT2D eigenvalue weighted by Crippen LogP contribution is -2.48. The third-order valence-corrected chi connectivity index (χ3v) is 5.60. The molecule has 0 bridgehead atoms. The molecule has 2 heterocycles. The van der Waals surface area contributed by atoms with Crippen LogP contribution in [0.5, 0.6) is 11.5 Å². The first kappa shape index (κ1) is 21.7. The smallest absolute Gasteiger partial charge is 0.223 e. The van der Waals surface area contributed by atoms with Crippen LogP contribution >= 0.6 is 0 Å². The highest BCUT2D eigenvalue weighted by atomic mass is 19.1. The normalized spacial score (nSPS) is 13.8. The van der Waals surface area contributed by atoms with Gasteiger partial charge in [-0.25, -0.2) is 9.37 Å². The van der Waals surface area contributed by atoms with Crippen LogP contribution < -0.4 is 14.4 Å². The maximum Gasteiger partial charge on any atom is 0.223 e. The molecular formula is C24H26FN3O4. The van der Waals surface area contributed by atoms with Crippen molar-refractivity contribution in [1.29, 1.82) is 0 Å². The molecule has 0 saturated carbocycles. The molecule has 0 spiro atoms. The van der Waals surface area contributed by atoms with Gasteiger partial charge in [-0.3, -0.25) is 4.79 Å². The molecule has 1 saturated heterocycles. The minimum Gasteiger partial charge on any atom is -0.497 e. The van der Waals surface area contributed by atoms with E-state index in [2.05, 4.69) is 9.88 Å². The number of methoxy groups -OCH3 is 2. The summed E-state index contributed by atoms with van der Waals surface area (Å²) in [6, 6.07) is 11.9. The molecule has 0 radical (unpaired) electrons. The van der Waals surface area contributed by atoms with Crippen LogP contribution in [0.3, 0.4) is 0 Å². The summed E-state index contributed by atoms with van der Waals surface area (Å²) in [6.07, 6.45) is 2.40. The van der Waals surface area contributed by atoms with Crippen molar-refractivity contribution in [2.45, 2.75) is 12.8 Å². The lowest BCUT2D eigenvalue weighted by molar-refractivity contribution is -0.131. The van der Waals surface area contributed by atoms with Crippen LogP contribution in [0.25, 0.3) is 11.3 Å². The second kappa shape index (κ2) is 9.72. The molecule has 7 nitrogen and oxygen atoms in total. The van der Waals surface area contributed by atoms with Gasteiger partial charge in [-0.2, -0.15) is 0 Å². The number of aromatic nitrogens is 1. The molecule has 32 heavy (non-hydrogen) atoms. The van der Waals surface area contributed by atoms with Crippen molar-refractivity contribution >= 4 is 11.6 Å². The Morgan fingerprint density at radius 3 is 2.50 bits per heavy atom. The van der Waals surface area contributed by atoms with Gasteiger partial charge in [0.2, 0.25) is 5.91 Å². The molecule has 0 aliphatic carbocycles. The molecule has 0 N–H and O–H groups in total. The summed E-state index contributed by atoms with van der Waals surface area (Å²) in [5, 5.41) is 0. The first-order chi connectivity index (χ1) is 15.6. The standard InChI is InChI=1S/C24H26FN3O4/c1-30-19-7-8-20(21(15-19)31-2)22-16-26-23(32-22)9-10-24(29)28-13-11-27(12-14-28)18-5-3-17(25)4-6-18/h3-8,15-16H,9-14H2,1-2H3. The van der Waals surface area contributed by atoms with Gasteiger partial charge >= 0.3 is 0 Å². The molecular weight excluding hydrogens is 413 g/mol. The maximum absolute atomic E-state index is 13.1. The Hall–Kier alpha value is -3.55. The maximum atomic E-state index is 13.1. The van der Waals surface area contributed by atoms with Gasteiger partial charge in [-0.05, 0) is 36.4 Å². The van der Waals surface area contributed by atoms with Crippen LogP contribution in [0.15, 0.2) is 53.1 Å². The number of hydrogen-bond donors (Lipinski definition) is 0. The van der Waals surface area contributed by atoms with Gasteiger partial charge in [-0.1, -0.05) is 0 Å². The molecule has 1 aromatic heterocycles. The number of halogens is 1. The summed E-state index contributed by atoms with van der Waals surface area (Å²) in [5.41, 5.74) is 1.75. The van der Waals surface area contributed by atoms with Gasteiger partial charge in [0, 0.05) is 50.8 Å². The van der Waals surface area contributed by atoms with E-state index < -0.39 is 0 Å². The Morgan fingerprint density at radius 1 is 1.06 bits per heavy atom. The van der Waals surface area contributed by atoms with Crippen LogP contribution in [-0.2, 0) is 11.2 Å². The molecule has 8 heteroatoms. The van der Waals surface area contributed by atoms with E-state index in [4.69, 9.17) is 13.9 Å². The zero-order chi connectivity index (χ0) is 22.5. The number of amides is 1. The van der Waals surface area contributed by atoms with Gasteiger partial charge in [0.05, 0.1) is 26.0 Å². The number of carbonyl (C=O) groups excluding carboxylic acids is 1. The number of aryl methyl sites for hydroxylation is 1. The van der Waals surface area contributed by atoms with E-state index in [9.17, 15) is 9.18 Å². The summed E-state index contributed by atoms with van der Waals surface area (Å²) in [5.74, 6) is 2.24. The number of carbonyl (C=O) groups is 1. The minimum absolute atomic E-state index is 0.0746. The van der Waals surface area contributed by atoms with E-state index in [1.54, 1.807) is 38.6 Å². The first-order valence-electron chi connectivity index (χ1n) is 10.5. The topological polar surface area (TPSA) is 68.0 Å². The first-order valence-corrected chi connectivity index (χ1v) is 10.5. The summed E-state index contributed by atoms with van der Waals surface area (Å²) in [4.78, 5) is 21.0. The Balaban J connectivity index is 1.31. The Labute approximate surface area is 186 Å². The highest BCUT2D eigenvalue weighted by molar-refractivity contribution is 5.76. The largest absolute Gasteiger partial charge is 0.497 e. The van der Waals surface area contributed by atoms with Gasteiger partial charge in [0.1, 0.15) is 17.3 Å². The van der Waals surface area contributed by atoms with E-state index in [-0.39, 0.29) is 11.7 Å². The zero-order valence-electron chi connectivity index (χ0n) is 18.2. The van der Waals surface area contributed by atoms with Crippen LogP contribution in [0.1, 0.15) is 12.3 Å². The Bertz CT molecular complexity index is 1060. The molecule has 0 atom stereocenters. The molecule has 0 unspecified atom stereocenters. The fourth-order valence-corrected chi connectivity index (χ4v) is 3.79. The molecule has 1 aliphatic heterocycles. The predicted octanol–water partition coefficient (Wildman–Crippen LogP) is 3.78. The average molecular weight is 439 g/mol. The van der Waals surface area contributed by atoms with E-state index in [0.29, 0.717) is 49.1 Å². The van der Waals surface area contributed by atoms with Crippen molar-refractivity contribution < 1.29 is 23.1 Å². The van der Waals surface area contributed by atoms with E-state index >= 15 is 0 Å². The van der Waals surface area contributed by atoms with Crippen molar-refractivity contribution in [1.82, 2.24) is 9.88 Å². The summed E-state index contributed by atoms with van der Waals surface area (Å²) < 4.78 is 29.6. The number of ether oxygens (including phenoxy) is 2. The second-order valence-corrected chi connectivity index (χ2v) is 7.53. The molecule has 2 aromatic carbocycles. The minimum atomic E-state index is -0.248. The zero-order valence-corrected chi connectivity index (χ0v) is 18.2. The molecule has 1 fully saturated rings. The quantitative estimate of drug-likeness (QED) is 0.558. The van der Waals surface area contributed by atoms with E-state index in [0.717, 1.165) is 24.3 Å². The lowest BCUT2D eigenvalue weighted by atomic mass is 10.1.